The van der Waals surface area contributed by atoms with Gasteiger partial charge in [0.2, 0.25) is 0 Å². The molecule has 0 radical (unpaired) electrons. The minimum Gasteiger partial charge on any atom is -0.310 e. The first-order valence-electron chi connectivity index (χ1n) is 5.82. The SMILES string of the molecule is C=C(CC)CC(NCC)c1cccc(Br)c1. The van der Waals surface area contributed by atoms with Crippen molar-refractivity contribution in [3.8, 4) is 0 Å². The van der Waals surface area contributed by atoms with Crippen LogP contribution in [0.3, 0.4) is 0 Å². The van der Waals surface area contributed by atoms with Gasteiger partial charge in [0.15, 0.2) is 0 Å². The van der Waals surface area contributed by atoms with E-state index < -0.39 is 0 Å². The lowest BCUT2D eigenvalue weighted by atomic mass is 9.98. The summed E-state index contributed by atoms with van der Waals surface area (Å²) in [5.41, 5.74) is 2.62. The van der Waals surface area contributed by atoms with E-state index in [-0.39, 0.29) is 0 Å². The van der Waals surface area contributed by atoms with Crippen LogP contribution in [0.2, 0.25) is 0 Å². The molecule has 0 saturated carbocycles. The molecule has 1 N–H and O–H groups in total. The molecule has 2 heteroatoms. The molecule has 1 aromatic carbocycles. The summed E-state index contributed by atoms with van der Waals surface area (Å²) in [6, 6.07) is 8.87. The Morgan fingerprint density at radius 3 is 2.75 bits per heavy atom. The van der Waals surface area contributed by atoms with Gasteiger partial charge in [-0.2, -0.15) is 0 Å². The highest BCUT2D eigenvalue weighted by Gasteiger charge is 2.11. The van der Waals surface area contributed by atoms with Crippen LogP contribution < -0.4 is 5.32 Å². The average molecular weight is 282 g/mol. The van der Waals surface area contributed by atoms with E-state index in [4.69, 9.17) is 0 Å². The predicted molar refractivity (Wildman–Crippen MR) is 74.6 cm³/mol. The Labute approximate surface area is 107 Å². The summed E-state index contributed by atoms with van der Waals surface area (Å²) >= 11 is 3.51. The molecule has 0 saturated heterocycles. The van der Waals surface area contributed by atoms with Gasteiger partial charge in [-0.1, -0.05) is 54.1 Å². The van der Waals surface area contributed by atoms with Crippen LogP contribution in [0, 0.1) is 0 Å². The molecule has 16 heavy (non-hydrogen) atoms. The highest BCUT2D eigenvalue weighted by Crippen LogP contribution is 2.24. The van der Waals surface area contributed by atoms with E-state index in [1.807, 2.05) is 0 Å². The summed E-state index contributed by atoms with van der Waals surface area (Å²) in [6.07, 6.45) is 2.07. The maximum atomic E-state index is 4.09. The second-order valence-corrected chi connectivity index (χ2v) is 4.89. The van der Waals surface area contributed by atoms with E-state index in [1.54, 1.807) is 0 Å². The van der Waals surface area contributed by atoms with E-state index in [9.17, 15) is 0 Å². The molecule has 0 aliphatic heterocycles. The van der Waals surface area contributed by atoms with Crippen molar-refractivity contribution >= 4 is 15.9 Å². The second kappa shape index (κ2) is 6.87. The highest BCUT2D eigenvalue weighted by molar-refractivity contribution is 9.10. The van der Waals surface area contributed by atoms with Gasteiger partial charge in [-0.15, -0.1) is 0 Å². The van der Waals surface area contributed by atoms with Crippen LogP contribution in [0.5, 0.6) is 0 Å². The van der Waals surface area contributed by atoms with Crippen LogP contribution in [0.15, 0.2) is 40.9 Å². The largest absolute Gasteiger partial charge is 0.310 e. The third kappa shape index (κ3) is 4.11. The molecule has 0 aliphatic carbocycles. The molecule has 1 nitrogen and oxygen atoms in total. The van der Waals surface area contributed by atoms with Gasteiger partial charge in [0.25, 0.3) is 0 Å². The number of nitrogens with one attached hydrogen (secondary N) is 1. The van der Waals surface area contributed by atoms with Crippen molar-refractivity contribution < 1.29 is 0 Å². The first-order valence-corrected chi connectivity index (χ1v) is 6.62. The lowest BCUT2D eigenvalue weighted by Crippen LogP contribution is -2.21. The molecule has 0 fully saturated rings. The normalized spacial score (nSPS) is 12.4. The van der Waals surface area contributed by atoms with Crippen LogP contribution in [0.1, 0.15) is 38.3 Å². The molecule has 0 spiro atoms. The Morgan fingerprint density at radius 2 is 2.19 bits per heavy atom. The van der Waals surface area contributed by atoms with E-state index in [0.717, 1.165) is 23.9 Å². The van der Waals surface area contributed by atoms with Gasteiger partial charge in [0.05, 0.1) is 0 Å². The summed E-state index contributed by atoms with van der Waals surface area (Å²) in [4.78, 5) is 0. The molecule has 0 heterocycles. The molecule has 0 amide bonds. The average Bonchev–Trinajstić information content (AvgIpc) is 2.28. The topological polar surface area (TPSA) is 12.0 Å². The van der Waals surface area contributed by atoms with Crippen molar-refractivity contribution in [2.45, 2.75) is 32.7 Å². The van der Waals surface area contributed by atoms with E-state index in [1.165, 1.54) is 11.1 Å². The molecular weight excluding hydrogens is 262 g/mol. The van der Waals surface area contributed by atoms with Crippen molar-refractivity contribution in [2.75, 3.05) is 6.54 Å². The standard InChI is InChI=1S/C14H20BrN/c1-4-11(3)9-14(16-5-2)12-7-6-8-13(15)10-12/h6-8,10,14,16H,3-5,9H2,1-2H3. The number of rotatable bonds is 6. The first-order chi connectivity index (χ1) is 7.67. The number of hydrogen-bond acceptors (Lipinski definition) is 1. The van der Waals surface area contributed by atoms with E-state index in [2.05, 4.69) is 65.9 Å². The lowest BCUT2D eigenvalue weighted by molar-refractivity contribution is 0.543. The number of hydrogen-bond donors (Lipinski definition) is 1. The van der Waals surface area contributed by atoms with Crippen LogP contribution in [0.4, 0.5) is 0 Å². The van der Waals surface area contributed by atoms with Gasteiger partial charge in [-0.05, 0) is 37.1 Å². The fourth-order valence-corrected chi connectivity index (χ4v) is 2.13. The zero-order valence-corrected chi connectivity index (χ0v) is 11.7. The summed E-state index contributed by atoms with van der Waals surface area (Å²) in [5.74, 6) is 0. The zero-order chi connectivity index (χ0) is 12.0. The van der Waals surface area contributed by atoms with Crippen LogP contribution in [-0.2, 0) is 0 Å². The van der Waals surface area contributed by atoms with Crippen molar-refractivity contribution in [3.05, 3.63) is 46.5 Å². The molecule has 1 aromatic rings. The molecular formula is C14H20BrN. The smallest absolute Gasteiger partial charge is 0.0357 e. The molecule has 0 aliphatic rings. The van der Waals surface area contributed by atoms with Crippen molar-refractivity contribution in [1.29, 1.82) is 0 Å². The van der Waals surface area contributed by atoms with Gasteiger partial charge >= 0.3 is 0 Å². The fourth-order valence-electron chi connectivity index (χ4n) is 1.71. The van der Waals surface area contributed by atoms with Gasteiger partial charge in [0, 0.05) is 10.5 Å². The van der Waals surface area contributed by atoms with Gasteiger partial charge in [0.1, 0.15) is 0 Å². The molecule has 1 atom stereocenters. The minimum atomic E-state index is 0.384. The molecule has 1 unspecified atom stereocenters. The third-order valence-corrected chi connectivity index (χ3v) is 3.19. The molecule has 0 aromatic heterocycles. The Bertz CT molecular complexity index is 346. The predicted octanol–water partition coefficient (Wildman–Crippen LogP) is 4.46. The fraction of sp³-hybridized carbons (Fsp3) is 0.429. The minimum absolute atomic E-state index is 0.384. The number of halogens is 1. The van der Waals surface area contributed by atoms with Gasteiger partial charge < -0.3 is 5.32 Å². The lowest BCUT2D eigenvalue weighted by Gasteiger charge is -2.19. The summed E-state index contributed by atoms with van der Waals surface area (Å²) in [6.45, 7) is 9.37. The Hall–Kier alpha value is -0.600. The first kappa shape index (κ1) is 13.5. The van der Waals surface area contributed by atoms with Gasteiger partial charge in [-0.25, -0.2) is 0 Å². The highest BCUT2D eigenvalue weighted by atomic mass is 79.9. The Balaban J connectivity index is 2.80. The second-order valence-electron chi connectivity index (χ2n) is 3.97. The quantitative estimate of drug-likeness (QED) is 0.760. The van der Waals surface area contributed by atoms with Crippen molar-refractivity contribution in [2.24, 2.45) is 0 Å². The van der Waals surface area contributed by atoms with Crippen molar-refractivity contribution in [1.82, 2.24) is 5.32 Å². The summed E-state index contributed by atoms with van der Waals surface area (Å²) in [5, 5.41) is 3.51. The Morgan fingerprint density at radius 1 is 1.44 bits per heavy atom. The maximum absolute atomic E-state index is 4.09. The van der Waals surface area contributed by atoms with E-state index >= 15 is 0 Å². The van der Waals surface area contributed by atoms with Crippen LogP contribution in [-0.4, -0.2) is 6.54 Å². The third-order valence-electron chi connectivity index (χ3n) is 2.69. The molecule has 1 rings (SSSR count). The molecule has 88 valence electrons. The monoisotopic (exact) mass is 281 g/mol. The zero-order valence-electron chi connectivity index (χ0n) is 10.1. The van der Waals surface area contributed by atoms with Crippen LogP contribution >= 0.6 is 15.9 Å². The maximum Gasteiger partial charge on any atom is 0.0357 e. The number of benzene rings is 1. The van der Waals surface area contributed by atoms with Gasteiger partial charge in [-0.3, -0.25) is 0 Å². The van der Waals surface area contributed by atoms with Crippen molar-refractivity contribution in [3.63, 3.8) is 0 Å². The Kier molecular flexibility index (Phi) is 5.78. The van der Waals surface area contributed by atoms with Crippen LogP contribution in [0.25, 0.3) is 0 Å². The summed E-state index contributed by atoms with van der Waals surface area (Å²) in [7, 11) is 0. The summed E-state index contributed by atoms with van der Waals surface area (Å²) < 4.78 is 1.13. The van der Waals surface area contributed by atoms with E-state index in [0.29, 0.717) is 6.04 Å². The molecule has 0 bridgehead atoms.